The molecule has 2 N–H and O–H groups in total. The summed E-state index contributed by atoms with van der Waals surface area (Å²) >= 11 is 0. The lowest BCUT2D eigenvalue weighted by Gasteiger charge is -2.31. The molecule has 0 saturated carbocycles. The molecular weight excluding hydrogens is 308 g/mol. The Morgan fingerprint density at radius 2 is 1.12 bits per heavy atom. The predicted octanol–water partition coefficient (Wildman–Crippen LogP) is 7.02. The van der Waals surface area contributed by atoms with Crippen LogP contribution >= 0.6 is 0 Å². The van der Waals surface area contributed by atoms with Gasteiger partial charge in [0.15, 0.2) is 0 Å². The van der Waals surface area contributed by atoms with E-state index in [-0.39, 0.29) is 6.61 Å². The molecule has 0 aliphatic carbocycles. The van der Waals surface area contributed by atoms with Gasteiger partial charge in [0.2, 0.25) is 0 Å². The second kappa shape index (κ2) is 17.3. The number of unbranched alkanes of at least 4 members (excludes halogenated alkanes) is 10. The van der Waals surface area contributed by atoms with Gasteiger partial charge in [-0.2, -0.15) is 0 Å². The summed E-state index contributed by atoms with van der Waals surface area (Å²) in [6.45, 7) is 7.03. The Morgan fingerprint density at radius 3 is 1.56 bits per heavy atom. The summed E-state index contributed by atoms with van der Waals surface area (Å²) in [5, 5.41) is 20.3. The monoisotopic (exact) mass is 356 g/mol. The lowest BCUT2D eigenvalue weighted by atomic mass is 9.81. The average molecular weight is 357 g/mol. The minimum absolute atomic E-state index is 0.275. The Labute approximate surface area is 158 Å². The maximum absolute atomic E-state index is 11.2. The van der Waals surface area contributed by atoms with Crippen LogP contribution < -0.4 is 0 Å². The Hall–Kier alpha value is -0.0800. The molecule has 0 heterocycles. The van der Waals surface area contributed by atoms with Gasteiger partial charge in [0.1, 0.15) is 0 Å². The lowest BCUT2D eigenvalue weighted by molar-refractivity contribution is -0.00486. The van der Waals surface area contributed by atoms with Gasteiger partial charge in [0.25, 0.3) is 0 Å². The van der Waals surface area contributed by atoms with E-state index in [1.54, 1.807) is 0 Å². The first-order valence-electron chi connectivity index (χ1n) is 11.4. The smallest absolute Gasteiger partial charge is 0.0650 e. The zero-order chi connectivity index (χ0) is 18.8. The van der Waals surface area contributed by atoms with Gasteiger partial charge in [-0.25, -0.2) is 0 Å². The fourth-order valence-electron chi connectivity index (χ4n) is 3.99. The average Bonchev–Trinajstić information content (AvgIpc) is 2.59. The van der Waals surface area contributed by atoms with Crippen LogP contribution in [0.1, 0.15) is 130 Å². The molecule has 0 rings (SSSR count). The number of aliphatic hydroxyl groups is 2. The number of hydrogen-bond acceptors (Lipinski definition) is 2. The molecule has 1 atom stereocenters. The summed E-state index contributed by atoms with van der Waals surface area (Å²) in [6.07, 6.45) is 20.2. The largest absolute Gasteiger partial charge is 0.396 e. The van der Waals surface area contributed by atoms with Gasteiger partial charge in [-0.15, -0.1) is 0 Å². The highest BCUT2D eigenvalue weighted by Crippen LogP contribution is 2.31. The van der Waals surface area contributed by atoms with Crippen LogP contribution in [0.3, 0.4) is 0 Å². The Bertz CT molecular complexity index is 249. The van der Waals surface area contributed by atoms with Gasteiger partial charge in [0, 0.05) is 6.61 Å². The van der Waals surface area contributed by atoms with Crippen molar-refractivity contribution in [3.8, 4) is 0 Å². The third-order valence-electron chi connectivity index (χ3n) is 5.57. The summed E-state index contributed by atoms with van der Waals surface area (Å²) in [6, 6.07) is 0. The molecule has 1 unspecified atom stereocenters. The zero-order valence-electron chi connectivity index (χ0n) is 17.7. The molecular formula is C23H48O2. The molecule has 2 heteroatoms. The lowest BCUT2D eigenvalue weighted by Crippen LogP contribution is -2.31. The van der Waals surface area contributed by atoms with E-state index < -0.39 is 5.60 Å². The van der Waals surface area contributed by atoms with Crippen molar-refractivity contribution in [1.82, 2.24) is 0 Å². The van der Waals surface area contributed by atoms with Crippen LogP contribution in [0.15, 0.2) is 0 Å². The van der Waals surface area contributed by atoms with Crippen LogP contribution in [0.4, 0.5) is 0 Å². The van der Waals surface area contributed by atoms with Crippen molar-refractivity contribution in [2.24, 2.45) is 5.92 Å². The van der Waals surface area contributed by atoms with Gasteiger partial charge in [-0.3, -0.25) is 0 Å². The molecule has 0 aromatic carbocycles. The van der Waals surface area contributed by atoms with E-state index in [2.05, 4.69) is 20.8 Å². The molecule has 0 spiro atoms. The molecule has 0 bridgehead atoms. The molecule has 0 aliphatic heterocycles. The van der Waals surface area contributed by atoms with Crippen molar-refractivity contribution in [3.05, 3.63) is 0 Å². The summed E-state index contributed by atoms with van der Waals surface area (Å²) in [4.78, 5) is 0. The fraction of sp³-hybridized carbons (Fsp3) is 1.00. The number of aliphatic hydroxyl groups excluding tert-OH is 1. The van der Waals surface area contributed by atoms with Gasteiger partial charge in [0.05, 0.1) is 5.60 Å². The molecule has 25 heavy (non-hydrogen) atoms. The van der Waals surface area contributed by atoms with E-state index >= 15 is 0 Å². The van der Waals surface area contributed by atoms with Crippen LogP contribution in [0.2, 0.25) is 0 Å². The highest BCUT2D eigenvalue weighted by Gasteiger charge is 2.27. The molecule has 0 aromatic heterocycles. The molecule has 152 valence electrons. The summed E-state index contributed by atoms with van der Waals surface area (Å²) in [5.41, 5.74) is -0.468. The second-order valence-electron chi connectivity index (χ2n) is 8.44. The van der Waals surface area contributed by atoms with Gasteiger partial charge < -0.3 is 10.2 Å². The Kier molecular flexibility index (Phi) is 17.3. The molecule has 0 amide bonds. The minimum Gasteiger partial charge on any atom is -0.396 e. The van der Waals surface area contributed by atoms with Gasteiger partial charge in [-0.1, -0.05) is 97.8 Å². The van der Waals surface area contributed by atoms with Gasteiger partial charge >= 0.3 is 0 Å². The standard InChI is InChI=1S/C23H48O2/c1-4-6-8-10-12-14-18-23(25,21-22(3)17-16-20-24)19-15-13-11-9-7-5-2/h22,24-25H,4-21H2,1-3H3. The minimum atomic E-state index is -0.468. The molecule has 0 saturated heterocycles. The van der Waals surface area contributed by atoms with Crippen LogP contribution in [-0.2, 0) is 0 Å². The number of rotatable bonds is 19. The highest BCUT2D eigenvalue weighted by molar-refractivity contribution is 4.81. The van der Waals surface area contributed by atoms with E-state index in [1.165, 1.54) is 77.0 Å². The topological polar surface area (TPSA) is 40.5 Å². The van der Waals surface area contributed by atoms with Crippen molar-refractivity contribution < 1.29 is 10.2 Å². The zero-order valence-corrected chi connectivity index (χ0v) is 17.7. The Morgan fingerprint density at radius 1 is 0.680 bits per heavy atom. The summed E-state index contributed by atoms with van der Waals surface area (Å²) in [5.74, 6) is 0.511. The third kappa shape index (κ3) is 15.9. The van der Waals surface area contributed by atoms with Crippen LogP contribution in [0.25, 0.3) is 0 Å². The second-order valence-corrected chi connectivity index (χ2v) is 8.44. The number of hydrogen-bond donors (Lipinski definition) is 2. The highest BCUT2D eigenvalue weighted by atomic mass is 16.3. The maximum atomic E-state index is 11.2. The first-order chi connectivity index (χ1) is 12.1. The molecule has 0 radical (unpaired) electrons. The van der Waals surface area contributed by atoms with Crippen LogP contribution in [-0.4, -0.2) is 22.4 Å². The molecule has 0 aliphatic rings. The van der Waals surface area contributed by atoms with E-state index in [1.807, 2.05) is 0 Å². The maximum Gasteiger partial charge on any atom is 0.0650 e. The van der Waals surface area contributed by atoms with Crippen LogP contribution in [0.5, 0.6) is 0 Å². The predicted molar refractivity (Wildman–Crippen MR) is 111 cm³/mol. The first-order valence-corrected chi connectivity index (χ1v) is 11.4. The van der Waals surface area contributed by atoms with E-state index in [0.717, 1.165) is 32.1 Å². The quantitative estimate of drug-likeness (QED) is 0.244. The van der Waals surface area contributed by atoms with Crippen molar-refractivity contribution in [1.29, 1.82) is 0 Å². The van der Waals surface area contributed by atoms with E-state index in [0.29, 0.717) is 5.92 Å². The Balaban J connectivity index is 4.18. The SMILES string of the molecule is CCCCCCCCC(O)(CCCCCCCC)CC(C)CCCO. The van der Waals surface area contributed by atoms with Gasteiger partial charge in [-0.05, 0) is 38.0 Å². The normalized spacial score (nSPS) is 13.3. The van der Waals surface area contributed by atoms with Crippen molar-refractivity contribution >= 4 is 0 Å². The molecule has 2 nitrogen and oxygen atoms in total. The van der Waals surface area contributed by atoms with Crippen LogP contribution in [0, 0.1) is 5.92 Å². The molecule has 0 aromatic rings. The molecule has 0 fully saturated rings. The van der Waals surface area contributed by atoms with Crippen molar-refractivity contribution in [2.45, 2.75) is 136 Å². The first kappa shape index (κ1) is 24.9. The van der Waals surface area contributed by atoms with Crippen molar-refractivity contribution in [2.75, 3.05) is 6.61 Å². The summed E-state index contributed by atoms with van der Waals surface area (Å²) in [7, 11) is 0. The van der Waals surface area contributed by atoms with Crippen molar-refractivity contribution in [3.63, 3.8) is 0 Å². The fourth-order valence-corrected chi connectivity index (χ4v) is 3.99. The van der Waals surface area contributed by atoms with E-state index in [4.69, 9.17) is 5.11 Å². The van der Waals surface area contributed by atoms with E-state index in [9.17, 15) is 5.11 Å². The summed E-state index contributed by atoms with van der Waals surface area (Å²) < 4.78 is 0. The third-order valence-corrected chi connectivity index (χ3v) is 5.57.